The van der Waals surface area contributed by atoms with Crippen molar-refractivity contribution in [2.45, 2.75) is 20.0 Å². The highest BCUT2D eigenvalue weighted by atomic mass is 16.5. The molecule has 0 aliphatic heterocycles. The predicted molar refractivity (Wildman–Crippen MR) is 78.3 cm³/mol. The first-order valence-corrected chi connectivity index (χ1v) is 6.66. The molecule has 0 fully saturated rings. The van der Waals surface area contributed by atoms with Gasteiger partial charge in [-0.05, 0) is 35.7 Å². The summed E-state index contributed by atoms with van der Waals surface area (Å²) < 4.78 is 5.60. The molecule has 0 heterocycles. The standard InChI is InChI=1S/C17H17NO2/c1-2-9-20-17-8-7-13(10-15(17)12-19)16-6-4-3-5-14(16)11-18/h3-8,10,19H,2,9,12H2,1H3. The third-order valence-electron chi connectivity index (χ3n) is 3.05. The van der Waals surface area contributed by atoms with Crippen LogP contribution >= 0.6 is 0 Å². The van der Waals surface area contributed by atoms with Gasteiger partial charge >= 0.3 is 0 Å². The zero-order chi connectivity index (χ0) is 14.4. The van der Waals surface area contributed by atoms with Crippen LogP contribution < -0.4 is 4.74 Å². The Morgan fingerprint density at radius 1 is 1.20 bits per heavy atom. The summed E-state index contributed by atoms with van der Waals surface area (Å²) in [6, 6.07) is 15.3. The number of nitriles is 1. The first-order valence-electron chi connectivity index (χ1n) is 6.66. The van der Waals surface area contributed by atoms with Crippen LogP contribution in [-0.4, -0.2) is 11.7 Å². The van der Waals surface area contributed by atoms with Gasteiger partial charge in [0.2, 0.25) is 0 Å². The molecule has 2 aromatic rings. The van der Waals surface area contributed by atoms with Crippen LogP contribution in [0.25, 0.3) is 11.1 Å². The summed E-state index contributed by atoms with van der Waals surface area (Å²) in [5.41, 5.74) is 3.14. The molecule has 0 saturated carbocycles. The number of ether oxygens (including phenoxy) is 1. The molecule has 2 rings (SSSR count). The number of aliphatic hydroxyl groups is 1. The van der Waals surface area contributed by atoms with Gasteiger partial charge in [0.05, 0.1) is 24.8 Å². The van der Waals surface area contributed by atoms with Crippen molar-refractivity contribution in [3.8, 4) is 22.9 Å². The molecular formula is C17H17NO2. The minimum absolute atomic E-state index is 0.0817. The highest BCUT2D eigenvalue weighted by Gasteiger charge is 2.08. The Bertz CT molecular complexity index is 629. The van der Waals surface area contributed by atoms with Crippen LogP contribution in [0, 0.1) is 11.3 Å². The van der Waals surface area contributed by atoms with Crippen LogP contribution in [0.4, 0.5) is 0 Å². The van der Waals surface area contributed by atoms with Gasteiger partial charge in [0.15, 0.2) is 0 Å². The molecule has 20 heavy (non-hydrogen) atoms. The first-order chi connectivity index (χ1) is 9.80. The van der Waals surface area contributed by atoms with Crippen molar-refractivity contribution in [2.75, 3.05) is 6.61 Å². The van der Waals surface area contributed by atoms with Crippen molar-refractivity contribution in [1.29, 1.82) is 5.26 Å². The molecule has 2 aromatic carbocycles. The van der Waals surface area contributed by atoms with Gasteiger partial charge in [0, 0.05) is 5.56 Å². The monoisotopic (exact) mass is 267 g/mol. The lowest BCUT2D eigenvalue weighted by Crippen LogP contribution is -1.99. The molecule has 0 aliphatic carbocycles. The molecule has 0 saturated heterocycles. The smallest absolute Gasteiger partial charge is 0.124 e. The second kappa shape index (κ2) is 6.74. The molecule has 0 unspecified atom stereocenters. The maximum atomic E-state index is 9.47. The van der Waals surface area contributed by atoms with Crippen LogP contribution in [0.15, 0.2) is 42.5 Å². The summed E-state index contributed by atoms with van der Waals surface area (Å²) in [5, 5.41) is 18.6. The number of benzene rings is 2. The summed E-state index contributed by atoms with van der Waals surface area (Å²) in [7, 11) is 0. The summed E-state index contributed by atoms with van der Waals surface area (Å²) >= 11 is 0. The van der Waals surface area contributed by atoms with E-state index in [-0.39, 0.29) is 6.61 Å². The van der Waals surface area contributed by atoms with Crippen molar-refractivity contribution in [3.05, 3.63) is 53.6 Å². The average molecular weight is 267 g/mol. The third kappa shape index (κ3) is 2.98. The van der Waals surface area contributed by atoms with Crippen molar-refractivity contribution in [1.82, 2.24) is 0 Å². The van der Waals surface area contributed by atoms with Gasteiger partial charge in [-0.25, -0.2) is 0 Å². The van der Waals surface area contributed by atoms with Gasteiger partial charge in [-0.2, -0.15) is 5.26 Å². The quantitative estimate of drug-likeness (QED) is 0.902. The van der Waals surface area contributed by atoms with Crippen molar-refractivity contribution in [3.63, 3.8) is 0 Å². The molecule has 0 radical (unpaired) electrons. The van der Waals surface area contributed by atoms with E-state index in [0.29, 0.717) is 17.9 Å². The molecule has 0 aromatic heterocycles. The Morgan fingerprint density at radius 3 is 2.70 bits per heavy atom. The molecule has 3 heteroatoms. The number of rotatable bonds is 5. The molecule has 0 amide bonds. The minimum atomic E-state index is -0.0817. The van der Waals surface area contributed by atoms with E-state index in [2.05, 4.69) is 6.07 Å². The second-order valence-corrected chi connectivity index (χ2v) is 4.49. The fraction of sp³-hybridized carbons (Fsp3) is 0.235. The second-order valence-electron chi connectivity index (χ2n) is 4.49. The molecular weight excluding hydrogens is 250 g/mol. The van der Waals surface area contributed by atoms with Gasteiger partial charge < -0.3 is 9.84 Å². The highest BCUT2D eigenvalue weighted by molar-refractivity contribution is 5.71. The molecule has 0 aliphatic rings. The van der Waals surface area contributed by atoms with E-state index in [1.165, 1.54) is 0 Å². The molecule has 0 bridgehead atoms. The number of aliphatic hydroxyl groups excluding tert-OH is 1. The number of hydrogen-bond donors (Lipinski definition) is 1. The van der Waals surface area contributed by atoms with Crippen LogP contribution in [0.3, 0.4) is 0 Å². The normalized spacial score (nSPS) is 10.1. The number of nitrogens with zero attached hydrogens (tertiary/aromatic N) is 1. The topological polar surface area (TPSA) is 53.2 Å². The van der Waals surface area contributed by atoms with E-state index in [4.69, 9.17) is 10.00 Å². The Morgan fingerprint density at radius 2 is 2.00 bits per heavy atom. The van der Waals surface area contributed by atoms with Crippen LogP contribution in [0.5, 0.6) is 5.75 Å². The minimum Gasteiger partial charge on any atom is -0.493 e. The van der Waals surface area contributed by atoms with E-state index < -0.39 is 0 Å². The Hall–Kier alpha value is -2.31. The summed E-state index contributed by atoms with van der Waals surface area (Å²) in [5.74, 6) is 0.701. The third-order valence-corrected chi connectivity index (χ3v) is 3.05. The fourth-order valence-electron chi connectivity index (χ4n) is 2.06. The van der Waals surface area contributed by atoms with Gasteiger partial charge in [-0.3, -0.25) is 0 Å². The van der Waals surface area contributed by atoms with Crippen molar-refractivity contribution in [2.24, 2.45) is 0 Å². The Kier molecular flexibility index (Phi) is 4.75. The van der Waals surface area contributed by atoms with E-state index in [1.54, 1.807) is 6.07 Å². The highest BCUT2D eigenvalue weighted by Crippen LogP contribution is 2.29. The summed E-state index contributed by atoms with van der Waals surface area (Å²) in [6.45, 7) is 2.58. The lowest BCUT2D eigenvalue weighted by Gasteiger charge is -2.12. The lowest BCUT2D eigenvalue weighted by atomic mass is 9.98. The van der Waals surface area contributed by atoms with E-state index in [1.807, 2.05) is 43.3 Å². The maximum absolute atomic E-state index is 9.47. The van der Waals surface area contributed by atoms with E-state index in [0.717, 1.165) is 23.1 Å². The SMILES string of the molecule is CCCOc1ccc(-c2ccccc2C#N)cc1CO. The first kappa shape index (κ1) is 14.1. The van der Waals surface area contributed by atoms with Crippen LogP contribution in [0.2, 0.25) is 0 Å². The molecule has 0 atom stereocenters. The predicted octanol–water partition coefficient (Wildman–Crippen LogP) is 3.51. The van der Waals surface area contributed by atoms with Crippen molar-refractivity contribution < 1.29 is 9.84 Å². The zero-order valence-corrected chi connectivity index (χ0v) is 11.5. The van der Waals surface area contributed by atoms with Gasteiger partial charge in [0.25, 0.3) is 0 Å². The molecule has 3 nitrogen and oxygen atoms in total. The van der Waals surface area contributed by atoms with Crippen LogP contribution in [0.1, 0.15) is 24.5 Å². The van der Waals surface area contributed by atoms with Crippen molar-refractivity contribution >= 4 is 0 Å². The van der Waals surface area contributed by atoms with Crippen LogP contribution in [-0.2, 0) is 6.61 Å². The Labute approximate surface area is 119 Å². The van der Waals surface area contributed by atoms with Gasteiger partial charge in [-0.1, -0.05) is 31.2 Å². The summed E-state index contributed by atoms with van der Waals surface area (Å²) in [6.07, 6.45) is 0.921. The largest absolute Gasteiger partial charge is 0.493 e. The maximum Gasteiger partial charge on any atom is 0.124 e. The Balaban J connectivity index is 2.41. The lowest BCUT2D eigenvalue weighted by molar-refractivity contribution is 0.263. The zero-order valence-electron chi connectivity index (χ0n) is 11.5. The van der Waals surface area contributed by atoms with E-state index in [9.17, 15) is 5.11 Å². The van der Waals surface area contributed by atoms with E-state index >= 15 is 0 Å². The average Bonchev–Trinajstić information content (AvgIpc) is 2.52. The number of hydrogen-bond acceptors (Lipinski definition) is 3. The van der Waals surface area contributed by atoms with Gasteiger partial charge in [-0.15, -0.1) is 0 Å². The van der Waals surface area contributed by atoms with Gasteiger partial charge in [0.1, 0.15) is 5.75 Å². The summed E-state index contributed by atoms with van der Waals surface area (Å²) in [4.78, 5) is 0. The molecule has 1 N–H and O–H groups in total. The molecule has 0 spiro atoms. The fourth-order valence-corrected chi connectivity index (χ4v) is 2.06. The molecule has 102 valence electrons.